The molecule has 0 amide bonds. The third kappa shape index (κ3) is 4.25. The monoisotopic (exact) mass is 455 g/mol. The van der Waals surface area contributed by atoms with E-state index in [4.69, 9.17) is 11.6 Å². The summed E-state index contributed by atoms with van der Waals surface area (Å²) in [5.74, 6) is -0.387. The Bertz CT molecular complexity index is 1290. The molecule has 0 bridgehead atoms. The molecule has 0 spiro atoms. The van der Waals surface area contributed by atoms with Crippen molar-refractivity contribution in [3.63, 3.8) is 0 Å². The number of benzene rings is 2. The van der Waals surface area contributed by atoms with E-state index < -0.39 is 10.0 Å². The van der Waals surface area contributed by atoms with Gasteiger partial charge in [0.15, 0.2) is 5.78 Å². The van der Waals surface area contributed by atoms with E-state index in [2.05, 4.69) is 14.7 Å². The summed E-state index contributed by atoms with van der Waals surface area (Å²) in [7, 11) is -3.93. The number of thiazole rings is 1. The Morgan fingerprint density at radius 2 is 1.83 bits per heavy atom. The van der Waals surface area contributed by atoms with Crippen molar-refractivity contribution in [2.75, 3.05) is 4.72 Å². The first-order valence-electron chi connectivity index (χ1n) is 8.71. The summed E-state index contributed by atoms with van der Waals surface area (Å²) >= 11 is 7.52. The lowest BCUT2D eigenvalue weighted by Crippen LogP contribution is -2.16. The number of aromatic nitrogens is 2. The Morgan fingerprint density at radius 1 is 1.03 bits per heavy atom. The van der Waals surface area contributed by atoms with Crippen LogP contribution < -0.4 is 4.72 Å². The standard InChI is InChI=1S/C21H14ClN3O3S2/c22-16-5-8-19(18(12-16)20(26)15-2-1-9-23-13-15)25-30(27,28)17-6-3-14(4-7-17)21-24-10-11-29-21/h1-13,25H. The summed E-state index contributed by atoms with van der Waals surface area (Å²) in [6, 6.07) is 14.0. The number of nitrogens with one attached hydrogen (secondary N) is 1. The van der Waals surface area contributed by atoms with Crippen LogP contribution in [-0.2, 0) is 10.0 Å². The Morgan fingerprint density at radius 3 is 2.50 bits per heavy atom. The van der Waals surface area contributed by atoms with Gasteiger partial charge < -0.3 is 0 Å². The summed E-state index contributed by atoms with van der Waals surface area (Å²) in [6.45, 7) is 0. The molecular formula is C21H14ClN3O3S2. The Hall–Kier alpha value is -3.07. The van der Waals surface area contributed by atoms with Crippen LogP contribution in [0.5, 0.6) is 0 Å². The van der Waals surface area contributed by atoms with Gasteiger partial charge in [-0.25, -0.2) is 13.4 Å². The minimum Gasteiger partial charge on any atom is -0.288 e. The lowest BCUT2D eigenvalue weighted by molar-refractivity contribution is 0.103. The molecule has 0 fully saturated rings. The van der Waals surface area contributed by atoms with E-state index in [0.717, 1.165) is 10.6 Å². The van der Waals surface area contributed by atoms with Crippen molar-refractivity contribution in [1.82, 2.24) is 9.97 Å². The first kappa shape index (κ1) is 20.2. The van der Waals surface area contributed by atoms with Crippen molar-refractivity contribution in [3.8, 4) is 10.6 Å². The summed E-state index contributed by atoms with van der Waals surface area (Å²) in [6.07, 6.45) is 4.65. The number of carbonyl (C=O) groups excluding carboxylic acids is 1. The summed E-state index contributed by atoms with van der Waals surface area (Å²) < 4.78 is 28.3. The molecule has 9 heteroatoms. The molecular weight excluding hydrogens is 442 g/mol. The first-order valence-corrected chi connectivity index (χ1v) is 11.5. The van der Waals surface area contributed by atoms with Crippen molar-refractivity contribution in [2.45, 2.75) is 4.90 Å². The van der Waals surface area contributed by atoms with Gasteiger partial charge in [0.2, 0.25) is 0 Å². The van der Waals surface area contributed by atoms with Gasteiger partial charge in [0, 0.05) is 45.7 Å². The molecule has 0 atom stereocenters. The van der Waals surface area contributed by atoms with Crippen LogP contribution in [0.25, 0.3) is 10.6 Å². The van der Waals surface area contributed by atoms with Crippen molar-refractivity contribution in [1.29, 1.82) is 0 Å². The number of nitrogens with zero attached hydrogens (tertiary/aromatic N) is 2. The largest absolute Gasteiger partial charge is 0.288 e. The topological polar surface area (TPSA) is 89.0 Å². The fourth-order valence-electron chi connectivity index (χ4n) is 2.79. The van der Waals surface area contributed by atoms with Gasteiger partial charge in [-0.15, -0.1) is 11.3 Å². The third-order valence-electron chi connectivity index (χ3n) is 4.24. The van der Waals surface area contributed by atoms with E-state index in [1.165, 1.54) is 47.9 Å². The molecule has 30 heavy (non-hydrogen) atoms. The van der Waals surface area contributed by atoms with Crippen molar-refractivity contribution in [2.24, 2.45) is 0 Å². The van der Waals surface area contributed by atoms with Crippen LogP contribution in [0, 0.1) is 0 Å². The quantitative estimate of drug-likeness (QED) is 0.418. The predicted molar refractivity (Wildman–Crippen MR) is 117 cm³/mol. The number of hydrogen-bond acceptors (Lipinski definition) is 6. The molecule has 0 saturated carbocycles. The molecule has 0 aliphatic heterocycles. The zero-order valence-corrected chi connectivity index (χ0v) is 17.7. The second-order valence-corrected chi connectivity index (χ2v) is 9.24. The Labute approximate surface area is 182 Å². The summed E-state index contributed by atoms with van der Waals surface area (Å²) in [4.78, 5) is 21.1. The third-order valence-corrected chi connectivity index (χ3v) is 6.68. The predicted octanol–water partition coefficient (Wildman–Crippen LogP) is 4.89. The molecule has 4 rings (SSSR count). The molecule has 0 radical (unpaired) electrons. The molecule has 1 N–H and O–H groups in total. The van der Waals surface area contributed by atoms with Crippen molar-refractivity contribution >= 4 is 44.4 Å². The van der Waals surface area contributed by atoms with Crippen LogP contribution in [-0.4, -0.2) is 24.2 Å². The van der Waals surface area contributed by atoms with Gasteiger partial charge in [-0.05, 0) is 42.5 Å². The van der Waals surface area contributed by atoms with Gasteiger partial charge in [0.05, 0.1) is 10.6 Å². The molecule has 0 aliphatic carbocycles. The number of rotatable bonds is 6. The van der Waals surface area contributed by atoms with E-state index in [1.807, 2.05) is 5.38 Å². The Kier molecular flexibility index (Phi) is 5.63. The van der Waals surface area contributed by atoms with Gasteiger partial charge >= 0.3 is 0 Å². The maximum atomic E-state index is 12.9. The highest BCUT2D eigenvalue weighted by atomic mass is 35.5. The van der Waals surface area contributed by atoms with Crippen LogP contribution in [0.3, 0.4) is 0 Å². The number of ketones is 1. The highest BCUT2D eigenvalue weighted by Gasteiger charge is 2.20. The van der Waals surface area contributed by atoms with Gasteiger partial charge in [-0.1, -0.05) is 23.7 Å². The second-order valence-electron chi connectivity index (χ2n) is 6.23. The number of pyridine rings is 1. The molecule has 6 nitrogen and oxygen atoms in total. The maximum Gasteiger partial charge on any atom is 0.261 e. The normalized spacial score (nSPS) is 11.2. The number of sulfonamides is 1. The van der Waals surface area contributed by atoms with Crippen LogP contribution in [0.4, 0.5) is 5.69 Å². The highest BCUT2D eigenvalue weighted by molar-refractivity contribution is 7.92. The smallest absolute Gasteiger partial charge is 0.261 e. The maximum absolute atomic E-state index is 12.9. The molecule has 0 aliphatic rings. The molecule has 2 aromatic heterocycles. The lowest BCUT2D eigenvalue weighted by atomic mass is 10.0. The summed E-state index contributed by atoms with van der Waals surface area (Å²) in [5.41, 5.74) is 1.42. The molecule has 0 unspecified atom stereocenters. The number of anilines is 1. The molecule has 2 aromatic carbocycles. The highest BCUT2D eigenvalue weighted by Crippen LogP contribution is 2.27. The van der Waals surface area contributed by atoms with Gasteiger partial charge in [-0.3, -0.25) is 14.5 Å². The SMILES string of the molecule is O=C(c1cccnc1)c1cc(Cl)ccc1NS(=O)(=O)c1ccc(-c2nccs2)cc1. The van der Waals surface area contributed by atoms with Crippen molar-refractivity contribution < 1.29 is 13.2 Å². The minimum atomic E-state index is -3.93. The van der Waals surface area contributed by atoms with E-state index in [9.17, 15) is 13.2 Å². The van der Waals surface area contributed by atoms with E-state index in [-0.39, 0.29) is 21.9 Å². The van der Waals surface area contributed by atoms with Gasteiger partial charge in [0.25, 0.3) is 10.0 Å². The van der Waals surface area contributed by atoms with Crippen LogP contribution >= 0.6 is 22.9 Å². The molecule has 0 saturated heterocycles. The fraction of sp³-hybridized carbons (Fsp3) is 0. The second kappa shape index (κ2) is 8.35. The van der Waals surface area contributed by atoms with Gasteiger partial charge in [-0.2, -0.15) is 0 Å². The molecule has 4 aromatic rings. The lowest BCUT2D eigenvalue weighted by Gasteiger charge is -2.13. The number of halogens is 1. The minimum absolute atomic E-state index is 0.0672. The average Bonchev–Trinajstić information content (AvgIpc) is 3.30. The first-order chi connectivity index (χ1) is 14.4. The number of hydrogen-bond donors (Lipinski definition) is 1. The zero-order chi connectivity index (χ0) is 21.1. The zero-order valence-electron chi connectivity index (χ0n) is 15.3. The fourth-order valence-corrected chi connectivity index (χ4v) is 4.69. The van der Waals surface area contributed by atoms with Crippen LogP contribution in [0.15, 0.2) is 83.5 Å². The van der Waals surface area contributed by atoms with Gasteiger partial charge in [0.1, 0.15) is 5.01 Å². The van der Waals surface area contributed by atoms with Crippen LogP contribution in [0.2, 0.25) is 5.02 Å². The Balaban J connectivity index is 1.66. The van der Waals surface area contributed by atoms with E-state index >= 15 is 0 Å². The van der Waals surface area contributed by atoms with Crippen molar-refractivity contribution in [3.05, 3.63) is 94.7 Å². The van der Waals surface area contributed by atoms with E-state index in [0.29, 0.717) is 10.6 Å². The summed E-state index contributed by atoms with van der Waals surface area (Å²) in [5, 5.41) is 2.97. The average molecular weight is 456 g/mol. The van der Waals surface area contributed by atoms with E-state index in [1.54, 1.807) is 36.7 Å². The van der Waals surface area contributed by atoms with Crippen LogP contribution in [0.1, 0.15) is 15.9 Å². The molecule has 2 heterocycles. The number of carbonyl (C=O) groups is 1. The molecule has 150 valence electrons.